The Balaban J connectivity index is 0.937. The molecular formula is C58H61N5O14S. The molecule has 0 saturated carbocycles. The number of anilines is 2. The van der Waals surface area contributed by atoms with E-state index in [4.69, 9.17) is 18.9 Å². The van der Waals surface area contributed by atoms with Crippen molar-refractivity contribution in [2.45, 2.75) is 89.5 Å². The summed E-state index contributed by atoms with van der Waals surface area (Å²) < 4.78 is 59.4. The Morgan fingerprint density at radius 2 is 1.21 bits per heavy atom. The number of hydrogen-bond acceptors (Lipinski definition) is 13. The Morgan fingerprint density at radius 1 is 0.628 bits per heavy atom. The maximum absolute atomic E-state index is 14.4. The highest BCUT2D eigenvalue weighted by Gasteiger charge is 2.44. The number of benzene rings is 5. The van der Waals surface area contributed by atoms with E-state index in [0.29, 0.717) is 57.8 Å². The zero-order valence-corrected chi connectivity index (χ0v) is 44.4. The van der Waals surface area contributed by atoms with E-state index in [0.717, 1.165) is 35.2 Å². The normalized spacial score (nSPS) is 16.9. The summed E-state index contributed by atoms with van der Waals surface area (Å²) in [7, 11) is -0.0449. The van der Waals surface area contributed by atoms with Gasteiger partial charge < -0.3 is 44.7 Å². The molecule has 408 valence electrons. The third-order valence-electron chi connectivity index (χ3n) is 14.8. The van der Waals surface area contributed by atoms with E-state index in [1.807, 2.05) is 53.4 Å². The number of fused-ring (bicyclic) bond motifs is 8. The van der Waals surface area contributed by atoms with Crippen LogP contribution in [0.4, 0.5) is 11.4 Å². The van der Waals surface area contributed by atoms with Crippen molar-refractivity contribution < 1.29 is 65.5 Å². The van der Waals surface area contributed by atoms with Crippen LogP contribution < -0.4 is 44.7 Å². The van der Waals surface area contributed by atoms with E-state index in [9.17, 15) is 46.5 Å². The van der Waals surface area contributed by atoms with Crippen molar-refractivity contribution in [1.82, 2.24) is 16.0 Å². The van der Waals surface area contributed by atoms with E-state index in [-0.39, 0.29) is 111 Å². The predicted octanol–water partition coefficient (Wildman–Crippen LogP) is 5.69. The van der Waals surface area contributed by atoms with E-state index in [1.54, 1.807) is 41.3 Å². The maximum atomic E-state index is 14.4. The second-order valence-electron chi connectivity index (χ2n) is 19.9. The highest BCUT2D eigenvalue weighted by Crippen LogP contribution is 2.44. The molecule has 78 heavy (non-hydrogen) atoms. The zero-order chi connectivity index (χ0) is 55.3. The molecule has 0 radical (unpaired) electrons. The van der Waals surface area contributed by atoms with E-state index in [2.05, 4.69) is 22.0 Å². The monoisotopic (exact) mass is 1080 g/mol. The first kappa shape index (κ1) is 54.7. The summed E-state index contributed by atoms with van der Waals surface area (Å²) in [5, 5.41) is 7.55. The number of hydrogen-bond donors (Lipinski definition) is 4. The van der Waals surface area contributed by atoms with E-state index in [1.165, 1.54) is 21.3 Å². The summed E-state index contributed by atoms with van der Waals surface area (Å²) >= 11 is 0. The van der Waals surface area contributed by atoms with Crippen molar-refractivity contribution in [3.63, 3.8) is 0 Å². The highest BCUT2D eigenvalue weighted by molar-refractivity contribution is 7.85. The summed E-state index contributed by atoms with van der Waals surface area (Å²) in [5.74, 6) is -2.52. The molecule has 5 amide bonds. The SMILES string of the molecule is CNC(=O)CCNC(=O)CCC(=O)CNC(=O)CCC(=O)c1cc(COc2cc3c(cc2OC)C(=O)N2c4ccccc4C[C@H]2CC3)cc(COc2cc3c(cc2OC)C(=O)N2c4ccccc4C[C@H]2C(CS(=O)(=O)O)C3)c1. The minimum Gasteiger partial charge on any atom is -0.493 e. The number of nitrogens with zero attached hydrogens (tertiary/aromatic N) is 2. The van der Waals surface area contributed by atoms with Crippen LogP contribution in [0.1, 0.15) is 103 Å². The number of Topliss-reactive ketones (excluding diaryl/α,β-unsaturated/α-hetero) is 2. The van der Waals surface area contributed by atoms with Gasteiger partial charge in [-0.1, -0.05) is 36.4 Å². The minimum absolute atomic E-state index is 0.0109. The van der Waals surface area contributed by atoms with Gasteiger partial charge in [0.05, 0.1) is 26.5 Å². The predicted molar refractivity (Wildman–Crippen MR) is 287 cm³/mol. The molecule has 4 N–H and O–H groups in total. The molecule has 4 aliphatic heterocycles. The van der Waals surface area contributed by atoms with Gasteiger partial charge in [0.2, 0.25) is 17.7 Å². The number of carbonyl (C=O) groups is 7. The third kappa shape index (κ3) is 12.3. The summed E-state index contributed by atoms with van der Waals surface area (Å²) in [6.07, 6.45) is 2.02. The average Bonchev–Trinajstić information content (AvgIpc) is 4.12. The first-order valence-electron chi connectivity index (χ1n) is 25.9. The van der Waals surface area contributed by atoms with Crippen molar-refractivity contribution in [2.75, 3.05) is 49.9 Å². The molecule has 0 aliphatic carbocycles. The topological polar surface area (TPSA) is 253 Å². The lowest BCUT2D eigenvalue weighted by atomic mass is 9.91. The van der Waals surface area contributed by atoms with Crippen LogP contribution in [0.3, 0.4) is 0 Å². The smallest absolute Gasteiger partial charge is 0.265 e. The molecule has 0 bridgehead atoms. The molecule has 1 unspecified atom stereocenters. The van der Waals surface area contributed by atoms with Gasteiger partial charge in [0, 0.05) is 91.8 Å². The lowest BCUT2D eigenvalue weighted by Crippen LogP contribution is -2.43. The first-order valence-corrected chi connectivity index (χ1v) is 27.5. The van der Waals surface area contributed by atoms with Crippen molar-refractivity contribution in [3.8, 4) is 23.0 Å². The molecule has 5 aromatic carbocycles. The number of para-hydroxylation sites is 2. The molecule has 4 heterocycles. The van der Waals surface area contributed by atoms with Crippen LogP contribution in [0.2, 0.25) is 0 Å². The van der Waals surface area contributed by atoms with Crippen LogP contribution in [0.15, 0.2) is 91.0 Å². The molecule has 9 rings (SSSR count). The van der Waals surface area contributed by atoms with Crippen molar-refractivity contribution >= 4 is 62.6 Å². The van der Waals surface area contributed by atoms with Gasteiger partial charge in [-0.3, -0.25) is 38.1 Å². The molecule has 0 aromatic heterocycles. The zero-order valence-electron chi connectivity index (χ0n) is 43.6. The molecular weight excluding hydrogens is 1020 g/mol. The number of aryl methyl sites for hydroxylation is 1. The highest BCUT2D eigenvalue weighted by atomic mass is 32.2. The van der Waals surface area contributed by atoms with E-state index >= 15 is 0 Å². The quantitative estimate of drug-likeness (QED) is 0.0480. The number of ketones is 2. The van der Waals surface area contributed by atoms with Crippen molar-refractivity contribution in [3.05, 3.63) is 141 Å². The van der Waals surface area contributed by atoms with Gasteiger partial charge in [-0.05, 0) is 120 Å². The van der Waals surface area contributed by atoms with Gasteiger partial charge in [-0.15, -0.1) is 0 Å². The number of ether oxygens (including phenoxy) is 4. The van der Waals surface area contributed by atoms with Gasteiger partial charge in [0.15, 0.2) is 34.6 Å². The van der Waals surface area contributed by atoms with Gasteiger partial charge in [0.1, 0.15) is 13.2 Å². The van der Waals surface area contributed by atoms with Crippen LogP contribution in [-0.4, -0.2) is 106 Å². The van der Waals surface area contributed by atoms with Gasteiger partial charge in [-0.2, -0.15) is 8.42 Å². The molecule has 5 aromatic rings. The largest absolute Gasteiger partial charge is 0.493 e. The third-order valence-corrected chi connectivity index (χ3v) is 15.6. The fourth-order valence-electron chi connectivity index (χ4n) is 10.9. The average molecular weight is 1080 g/mol. The van der Waals surface area contributed by atoms with Crippen LogP contribution in [0.5, 0.6) is 23.0 Å². The van der Waals surface area contributed by atoms with Crippen LogP contribution in [-0.2, 0) is 68.2 Å². The Hall–Kier alpha value is -8.10. The molecule has 20 heteroatoms. The lowest BCUT2D eigenvalue weighted by molar-refractivity contribution is -0.127. The lowest BCUT2D eigenvalue weighted by Gasteiger charge is -2.28. The summed E-state index contributed by atoms with van der Waals surface area (Å²) in [6, 6.07) is 26.6. The fraction of sp³-hybridized carbons (Fsp3) is 0.362. The number of rotatable bonds is 22. The fourth-order valence-corrected chi connectivity index (χ4v) is 11.8. The molecule has 19 nitrogen and oxygen atoms in total. The van der Waals surface area contributed by atoms with Crippen molar-refractivity contribution in [2.24, 2.45) is 5.92 Å². The van der Waals surface area contributed by atoms with E-state index < -0.39 is 45.4 Å². The summed E-state index contributed by atoms with van der Waals surface area (Å²) in [6.45, 7) is -0.410. The summed E-state index contributed by atoms with van der Waals surface area (Å²) in [4.78, 5) is 95.1. The Kier molecular flexibility index (Phi) is 16.6. The summed E-state index contributed by atoms with van der Waals surface area (Å²) in [5.41, 5.74) is 7.01. The minimum atomic E-state index is -4.45. The number of nitrogens with one attached hydrogen (secondary N) is 3. The van der Waals surface area contributed by atoms with Crippen LogP contribution in [0, 0.1) is 5.92 Å². The van der Waals surface area contributed by atoms with Crippen molar-refractivity contribution in [1.29, 1.82) is 0 Å². The second-order valence-corrected chi connectivity index (χ2v) is 21.4. The molecule has 0 spiro atoms. The maximum Gasteiger partial charge on any atom is 0.265 e. The van der Waals surface area contributed by atoms with Gasteiger partial charge in [-0.25, -0.2) is 0 Å². The molecule has 3 atom stereocenters. The Labute approximate surface area is 451 Å². The second kappa shape index (κ2) is 23.6. The van der Waals surface area contributed by atoms with Crippen LogP contribution >= 0.6 is 0 Å². The van der Waals surface area contributed by atoms with Gasteiger partial charge >= 0.3 is 0 Å². The molecule has 0 fully saturated rings. The molecule has 4 aliphatic rings. The standard InChI is InChI=1S/C58H61N5O14S/c1-59-54(66)18-19-60-55(67)16-14-43(64)30-61-56(68)17-15-49(65)40-21-34(31-76-52-26-36-12-13-42-24-37-8-4-6-10-46(37)62(42)57(69)44(36)28-50(52)74-2)20-35(22-40)32-77-53-27-39-23-41(33-78(71,72)73)48-25-38-9-5-7-11-47(38)63(48)58(70)45(39)29-51(53)75-3/h4-11,20-22,26-29,41-42,48H,12-19,23-25,30-33H2,1-3H3,(H,59,66)(H,60,67)(H,61,68)(H,71,72,73)/t41?,42-,48+/m1/s1. The number of carbonyl (C=O) groups excluding carboxylic acids is 7. The Bertz CT molecular complexity index is 3320. The Morgan fingerprint density at radius 3 is 1.85 bits per heavy atom. The molecule has 0 saturated heterocycles. The van der Waals surface area contributed by atoms with Crippen LogP contribution in [0.25, 0.3) is 0 Å². The number of amides is 5. The van der Waals surface area contributed by atoms with Gasteiger partial charge in [0.25, 0.3) is 21.9 Å². The first-order chi connectivity index (χ1) is 37.5. The number of methoxy groups -OCH3 is 2.